The fourth-order valence-corrected chi connectivity index (χ4v) is 1.62. The molecule has 4 nitrogen and oxygen atoms in total. The number of benzene rings is 1. The van der Waals surface area contributed by atoms with Crippen LogP contribution in [0.2, 0.25) is 0 Å². The topological polar surface area (TPSA) is 55.0 Å². The lowest BCUT2D eigenvalue weighted by atomic mass is 10.3. The Morgan fingerprint density at radius 3 is 2.65 bits per heavy atom. The van der Waals surface area contributed by atoms with Crippen LogP contribution in [0.3, 0.4) is 0 Å². The summed E-state index contributed by atoms with van der Waals surface area (Å²) in [5.41, 5.74) is 6.35. The van der Waals surface area contributed by atoms with Crippen LogP contribution in [0.15, 0.2) is 36.5 Å². The molecule has 0 amide bonds. The monoisotopic (exact) mass is 232 g/mol. The third kappa shape index (κ3) is 2.33. The summed E-state index contributed by atoms with van der Waals surface area (Å²) in [6.45, 7) is 2.52. The fourth-order valence-electron chi connectivity index (χ4n) is 1.62. The van der Waals surface area contributed by atoms with Crippen LogP contribution in [0.25, 0.3) is 0 Å². The molecular formula is C12H13FN4. The van der Waals surface area contributed by atoms with E-state index in [9.17, 15) is 4.39 Å². The minimum atomic E-state index is -0.482. The van der Waals surface area contributed by atoms with E-state index >= 15 is 0 Å². The van der Waals surface area contributed by atoms with Gasteiger partial charge in [0, 0.05) is 12.2 Å². The van der Waals surface area contributed by atoms with Crippen molar-refractivity contribution in [3.8, 4) is 0 Å². The summed E-state index contributed by atoms with van der Waals surface area (Å²) in [4.78, 5) is 9.30. The third-order valence-corrected chi connectivity index (χ3v) is 2.38. The second kappa shape index (κ2) is 4.78. The molecule has 2 rings (SSSR count). The summed E-state index contributed by atoms with van der Waals surface area (Å²) in [6, 6.07) is 9.46. The SMILES string of the molecule is CCN(c1ccccc1)c1nc(N)ncc1F. The molecule has 0 bridgehead atoms. The normalized spacial score (nSPS) is 10.2. The van der Waals surface area contributed by atoms with Gasteiger partial charge in [0.2, 0.25) is 5.95 Å². The molecule has 88 valence electrons. The smallest absolute Gasteiger partial charge is 0.222 e. The summed E-state index contributed by atoms with van der Waals surface area (Å²) < 4.78 is 13.7. The molecule has 1 heterocycles. The van der Waals surface area contributed by atoms with E-state index < -0.39 is 5.82 Å². The van der Waals surface area contributed by atoms with Crippen molar-refractivity contribution in [3.05, 3.63) is 42.3 Å². The maximum atomic E-state index is 13.7. The van der Waals surface area contributed by atoms with Crippen molar-refractivity contribution in [1.29, 1.82) is 0 Å². The molecule has 0 saturated carbocycles. The van der Waals surface area contributed by atoms with Crippen LogP contribution >= 0.6 is 0 Å². The number of anilines is 3. The lowest BCUT2D eigenvalue weighted by Gasteiger charge is -2.22. The molecule has 2 aromatic rings. The van der Waals surface area contributed by atoms with E-state index in [2.05, 4.69) is 9.97 Å². The molecule has 0 spiro atoms. The maximum Gasteiger partial charge on any atom is 0.222 e. The van der Waals surface area contributed by atoms with Crippen molar-refractivity contribution >= 4 is 17.5 Å². The van der Waals surface area contributed by atoms with Crippen LogP contribution in [0.5, 0.6) is 0 Å². The number of halogens is 1. The Morgan fingerprint density at radius 1 is 1.29 bits per heavy atom. The van der Waals surface area contributed by atoms with Gasteiger partial charge >= 0.3 is 0 Å². The average Bonchev–Trinajstić information content (AvgIpc) is 2.36. The van der Waals surface area contributed by atoms with Gasteiger partial charge in [-0.2, -0.15) is 4.98 Å². The first kappa shape index (κ1) is 11.3. The fraction of sp³-hybridized carbons (Fsp3) is 0.167. The van der Waals surface area contributed by atoms with E-state index in [4.69, 9.17) is 5.73 Å². The summed E-state index contributed by atoms with van der Waals surface area (Å²) in [5.74, 6) is -0.216. The molecule has 0 saturated heterocycles. The second-order valence-corrected chi connectivity index (χ2v) is 3.48. The molecule has 2 N–H and O–H groups in total. The molecule has 0 aliphatic rings. The Labute approximate surface area is 98.9 Å². The summed E-state index contributed by atoms with van der Waals surface area (Å²) in [6.07, 6.45) is 1.09. The number of para-hydroxylation sites is 1. The van der Waals surface area contributed by atoms with E-state index in [0.29, 0.717) is 6.54 Å². The summed E-state index contributed by atoms with van der Waals surface area (Å²) in [7, 11) is 0. The largest absolute Gasteiger partial charge is 0.368 e. The zero-order valence-electron chi connectivity index (χ0n) is 9.47. The Kier molecular flexibility index (Phi) is 3.18. The molecule has 17 heavy (non-hydrogen) atoms. The van der Waals surface area contributed by atoms with E-state index in [1.165, 1.54) is 0 Å². The van der Waals surface area contributed by atoms with Gasteiger partial charge < -0.3 is 10.6 Å². The predicted molar refractivity (Wildman–Crippen MR) is 65.5 cm³/mol. The zero-order chi connectivity index (χ0) is 12.3. The number of aromatic nitrogens is 2. The lowest BCUT2D eigenvalue weighted by molar-refractivity contribution is 0.612. The first-order valence-electron chi connectivity index (χ1n) is 5.33. The number of nitrogens with two attached hydrogens (primary N) is 1. The van der Waals surface area contributed by atoms with Gasteiger partial charge in [-0.05, 0) is 19.1 Å². The molecule has 0 fully saturated rings. The lowest BCUT2D eigenvalue weighted by Crippen LogP contribution is -2.19. The van der Waals surface area contributed by atoms with Crippen LogP contribution in [0.4, 0.5) is 21.8 Å². The molecule has 0 radical (unpaired) electrons. The van der Waals surface area contributed by atoms with Gasteiger partial charge in [-0.3, -0.25) is 0 Å². The molecule has 0 unspecified atom stereocenters. The van der Waals surface area contributed by atoms with E-state index in [0.717, 1.165) is 11.9 Å². The van der Waals surface area contributed by atoms with Gasteiger partial charge in [0.15, 0.2) is 11.6 Å². The van der Waals surface area contributed by atoms with Crippen molar-refractivity contribution in [1.82, 2.24) is 9.97 Å². The first-order valence-corrected chi connectivity index (χ1v) is 5.33. The van der Waals surface area contributed by atoms with Gasteiger partial charge in [-0.1, -0.05) is 18.2 Å². The highest BCUT2D eigenvalue weighted by atomic mass is 19.1. The molecule has 1 aromatic carbocycles. The van der Waals surface area contributed by atoms with E-state index in [1.807, 2.05) is 37.3 Å². The van der Waals surface area contributed by atoms with Crippen molar-refractivity contribution < 1.29 is 4.39 Å². The average molecular weight is 232 g/mol. The number of rotatable bonds is 3. The second-order valence-electron chi connectivity index (χ2n) is 3.48. The minimum absolute atomic E-state index is 0.0655. The Morgan fingerprint density at radius 2 is 2.00 bits per heavy atom. The number of nitrogen functional groups attached to an aromatic ring is 1. The van der Waals surface area contributed by atoms with Crippen LogP contribution < -0.4 is 10.6 Å². The van der Waals surface area contributed by atoms with Crippen LogP contribution in [-0.2, 0) is 0 Å². The minimum Gasteiger partial charge on any atom is -0.368 e. The molecule has 1 aromatic heterocycles. The number of hydrogen-bond acceptors (Lipinski definition) is 4. The van der Waals surface area contributed by atoms with Gasteiger partial charge in [0.05, 0.1) is 6.20 Å². The van der Waals surface area contributed by atoms with Crippen molar-refractivity contribution in [2.45, 2.75) is 6.92 Å². The van der Waals surface area contributed by atoms with Crippen molar-refractivity contribution in [2.75, 3.05) is 17.2 Å². The third-order valence-electron chi connectivity index (χ3n) is 2.38. The van der Waals surface area contributed by atoms with Crippen LogP contribution in [0, 0.1) is 5.82 Å². The van der Waals surface area contributed by atoms with E-state index in [-0.39, 0.29) is 11.8 Å². The van der Waals surface area contributed by atoms with Gasteiger partial charge in [0.1, 0.15) is 0 Å². The standard InChI is InChI=1S/C12H13FN4/c1-2-17(9-6-4-3-5-7-9)11-10(13)8-15-12(14)16-11/h3-8H,2H2,1H3,(H2,14,15,16). The predicted octanol–water partition coefficient (Wildman–Crippen LogP) is 2.36. The molecule has 0 aliphatic heterocycles. The van der Waals surface area contributed by atoms with Crippen LogP contribution in [-0.4, -0.2) is 16.5 Å². The highest BCUT2D eigenvalue weighted by Crippen LogP contribution is 2.25. The first-order chi connectivity index (χ1) is 8.22. The highest BCUT2D eigenvalue weighted by molar-refractivity contribution is 5.60. The van der Waals surface area contributed by atoms with Gasteiger partial charge in [0.25, 0.3) is 0 Å². The summed E-state index contributed by atoms with van der Waals surface area (Å²) >= 11 is 0. The van der Waals surface area contributed by atoms with Crippen molar-refractivity contribution in [3.63, 3.8) is 0 Å². The number of nitrogens with zero attached hydrogens (tertiary/aromatic N) is 3. The van der Waals surface area contributed by atoms with Gasteiger partial charge in [-0.25, -0.2) is 9.37 Å². The summed E-state index contributed by atoms with van der Waals surface area (Å²) in [5, 5.41) is 0. The number of hydrogen-bond donors (Lipinski definition) is 1. The van der Waals surface area contributed by atoms with Crippen LogP contribution in [0.1, 0.15) is 6.92 Å². The molecule has 0 atom stereocenters. The zero-order valence-corrected chi connectivity index (χ0v) is 9.47. The highest BCUT2D eigenvalue weighted by Gasteiger charge is 2.14. The molecular weight excluding hydrogens is 219 g/mol. The van der Waals surface area contributed by atoms with Crippen molar-refractivity contribution in [2.24, 2.45) is 0 Å². The van der Waals surface area contributed by atoms with E-state index in [1.54, 1.807) is 4.90 Å². The Bertz CT molecular complexity index is 501. The quantitative estimate of drug-likeness (QED) is 0.882. The Hall–Kier alpha value is -2.17. The Balaban J connectivity index is 2.46. The molecule has 5 heteroatoms. The molecule has 0 aliphatic carbocycles. The maximum absolute atomic E-state index is 13.7. The van der Waals surface area contributed by atoms with Gasteiger partial charge in [-0.15, -0.1) is 0 Å².